The predicted octanol–water partition coefficient (Wildman–Crippen LogP) is 6.83. The van der Waals surface area contributed by atoms with Crippen molar-refractivity contribution in [1.82, 2.24) is 14.9 Å². The molecule has 0 unspecified atom stereocenters. The number of aryl methyl sites for hydroxylation is 1. The fraction of sp³-hybridized carbons (Fsp3) is 0.231. The van der Waals surface area contributed by atoms with Crippen LogP contribution in [0.2, 0.25) is 10.0 Å². The Hall–Kier alpha value is -2.82. The molecule has 2 heterocycles. The zero-order valence-corrected chi connectivity index (χ0v) is 19.0. The van der Waals surface area contributed by atoms with Crippen molar-refractivity contribution in [2.45, 2.75) is 31.7 Å². The van der Waals surface area contributed by atoms with Gasteiger partial charge in [0.15, 0.2) is 0 Å². The molecule has 1 aliphatic rings. The fourth-order valence-corrected chi connectivity index (χ4v) is 4.74. The number of rotatable bonds is 5. The van der Waals surface area contributed by atoms with E-state index in [-0.39, 0.29) is 11.9 Å². The van der Waals surface area contributed by atoms with Crippen molar-refractivity contribution in [2.75, 3.05) is 6.54 Å². The van der Waals surface area contributed by atoms with Crippen molar-refractivity contribution in [3.05, 3.63) is 88.2 Å². The van der Waals surface area contributed by atoms with Crippen LogP contribution in [0.25, 0.3) is 22.2 Å². The molecule has 1 saturated heterocycles. The number of benzene rings is 3. The number of hydrogen-bond donors (Lipinski definition) is 1. The molecule has 0 bridgehead atoms. The number of likely N-dealkylation sites (tertiary alicyclic amines) is 1. The van der Waals surface area contributed by atoms with Crippen molar-refractivity contribution >= 4 is 40.1 Å². The third kappa shape index (κ3) is 4.25. The van der Waals surface area contributed by atoms with Gasteiger partial charge in [-0.2, -0.15) is 0 Å². The Labute approximate surface area is 197 Å². The van der Waals surface area contributed by atoms with Gasteiger partial charge in [-0.15, -0.1) is 0 Å². The third-order valence-electron chi connectivity index (χ3n) is 6.12. The molecule has 162 valence electrons. The summed E-state index contributed by atoms with van der Waals surface area (Å²) in [6.07, 6.45) is 3.08. The maximum Gasteiger partial charge on any atom is 0.223 e. The third-order valence-corrected chi connectivity index (χ3v) is 6.84. The summed E-state index contributed by atoms with van der Waals surface area (Å²) >= 11 is 12.3. The molecule has 4 nitrogen and oxygen atoms in total. The van der Waals surface area contributed by atoms with E-state index < -0.39 is 0 Å². The Kier molecular flexibility index (Phi) is 5.90. The average molecular weight is 464 g/mol. The standard InChI is InChI=1S/C26H23Cl2N3O/c27-20-15-22-23(16-21(20)28)30-26(29-22)24-7-4-14-31(24)25(32)13-10-17-8-11-19(12-9-17)18-5-2-1-3-6-18/h1-3,5-6,8-9,11-12,15-16,24H,4,7,10,13-14H2,(H,29,30)/t24-/m0/s1. The van der Waals surface area contributed by atoms with E-state index >= 15 is 0 Å². The number of nitrogens with zero attached hydrogens (tertiary/aromatic N) is 2. The SMILES string of the molecule is O=C(CCc1ccc(-c2ccccc2)cc1)N1CCC[C@H]1c1nc2cc(Cl)c(Cl)cc2[nH]1. The minimum absolute atomic E-state index is 0.0343. The molecule has 0 aliphatic carbocycles. The summed E-state index contributed by atoms with van der Waals surface area (Å²) in [7, 11) is 0. The molecule has 0 spiro atoms. The lowest BCUT2D eigenvalue weighted by Crippen LogP contribution is -2.31. The highest BCUT2D eigenvalue weighted by Crippen LogP contribution is 2.34. The molecule has 0 radical (unpaired) electrons. The van der Waals surface area contributed by atoms with Gasteiger partial charge in [0.25, 0.3) is 0 Å². The van der Waals surface area contributed by atoms with Crippen LogP contribution in [0.1, 0.15) is 36.7 Å². The number of fused-ring (bicyclic) bond motifs is 1. The number of carbonyl (C=O) groups is 1. The van der Waals surface area contributed by atoms with E-state index in [9.17, 15) is 4.79 Å². The number of carbonyl (C=O) groups excluding carboxylic acids is 1. The van der Waals surface area contributed by atoms with E-state index in [2.05, 4.69) is 41.4 Å². The average Bonchev–Trinajstić information content (AvgIpc) is 3.46. The van der Waals surface area contributed by atoms with Gasteiger partial charge in [-0.1, -0.05) is 77.8 Å². The first-order chi connectivity index (χ1) is 15.6. The zero-order chi connectivity index (χ0) is 22.1. The van der Waals surface area contributed by atoms with Crippen LogP contribution in [0.15, 0.2) is 66.7 Å². The number of aromatic amines is 1. The minimum atomic E-state index is -0.0343. The van der Waals surface area contributed by atoms with Crippen molar-refractivity contribution in [1.29, 1.82) is 0 Å². The molecule has 1 atom stereocenters. The lowest BCUT2D eigenvalue weighted by atomic mass is 10.0. The van der Waals surface area contributed by atoms with Gasteiger partial charge >= 0.3 is 0 Å². The first kappa shape index (κ1) is 21.0. The number of amides is 1. The van der Waals surface area contributed by atoms with Crippen LogP contribution < -0.4 is 0 Å². The Morgan fingerprint density at radius 3 is 2.50 bits per heavy atom. The topological polar surface area (TPSA) is 49.0 Å². The monoisotopic (exact) mass is 463 g/mol. The van der Waals surface area contributed by atoms with Crippen LogP contribution >= 0.6 is 23.2 Å². The van der Waals surface area contributed by atoms with Gasteiger partial charge in [0.1, 0.15) is 5.82 Å². The summed E-state index contributed by atoms with van der Waals surface area (Å²) < 4.78 is 0. The Morgan fingerprint density at radius 1 is 1.00 bits per heavy atom. The Balaban J connectivity index is 1.26. The molecule has 32 heavy (non-hydrogen) atoms. The van der Waals surface area contributed by atoms with E-state index in [4.69, 9.17) is 28.2 Å². The molecule has 6 heteroatoms. The minimum Gasteiger partial charge on any atom is -0.340 e. The number of H-pyrrole nitrogens is 1. The summed E-state index contributed by atoms with van der Waals surface area (Å²) in [4.78, 5) is 23.0. The quantitative estimate of drug-likeness (QED) is 0.352. The molecule has 1 aliphatic heterocycles. The normalized spacial score (nSPS) is 16.1. The lowest BCUT2D eigenvalue weighted by molar-refractivity contribution is -0.132. The van der Waals surface area contributed by atoms with Crippen LogP contribution in [0.5, 0.6) is 0 Å². The van der Waals surface area contributed by atoms with E-state index in [0.29, 0.717) is 16.5 Å². The number of imidazole rings is 1. The second-order valence-electron chi connectivity index (χ2n) is 8.21. The van der Waals surface area contributed by atoms with Crippen molar-refractivity contribution in [2.24, 2.45) is 0 Å². The molecule has 0 saturated carbocycles. The summed E-state index contributed by atoms with van der Waals surface area (Å²) in [5.41, 5.74) is 5.16. The van der Waals surface area contributed by atoms with Crippen LogP contribution in [-0.2, 0) is 11.2 Å². The molecule has 3 aromatic carbocycles. The van der Waals surface area contributed by atoms with Gasteiger partial charge in [0.05, 0.1) is 27.1 Å². The maximum atomic E-state index is 13.1. The second-order valence-corrected chi connectivity index (χ2v) is 9.03. The molecule has 4 aromatic rings. The highest BCUT2D eigenvalue weighted by atomic mass is 35.5. The van der Waals surface area contributed by atoms with E-state index in [1.54, 1.807) is 12.1 Å². The van der Waals surface area contributed by atoms with Gasteiger partial charge in [-0.05, 0) is 48.1 Å². The zero-order valence-electron chi connectivity index (χ0n) is 17.5. The van der Waals surface area contributed by atoms with Crippen LogP contribution in [-0.4, -0.2) is 27.3 Å². The number of nitrogens with one attached hydrogen (secondary N) is 1. The number of aromatic nitrogens is 2. The van der Waals surface area contributed by atoms with E-state index in [0.717, 1.165) is 42.7 Å². The molecule has 1 aromatic heterocycles. The van der Waals surface area contributed by atoms with E-state index in [1.165, 1.54) is 16.7 Å². The first-order valence-corrected chi connectivity index (χ1v) is 11.6. The van der Waals surface area contributed by atoms with Gasteiger partial charge in [0, 0.05) is 13.0 Å². The van der Waals surface area contributed by atoms with Crippen molar-refractivity contribution in [3.63, 3.8) is 0 Å². The fourth-order valence-electron chi connectivity index (χ4n) is 4.42. The highest BCUT2D eigenvalue weighted by Gasteiger charge is 2.31. The van der Waals surface area contributed by atoms with E-state index in [1.807, 2.05) is 23.1 Å². The van der Waals surface area contributed by atoms with Gasteiger partial charge in [-0.3, -0.25) is 4.79 Å². The molecular weight excluding hydrogens is 441 g/mol. The summed E-state index contributed by atoms with van der Waals surface area (Å²) in [6.45, 7) is 0.759. The van der Waals surface area contributed by atoms with Crippen LogP contribution in [0, 0.1) is 0 Å². The number of halogens is 2. The first-order valence-electron chi connectivity index (χ1n) is 10.9. The second kappa shape index (κ2) is 8.97. The molecule has 1 fully saturated rings. The smallest absolute Gasteiger partial charge is 0.223 e. The molecule has 1 amide bonds. The largest absolute Gasteiger partial charge is 0.340 e. The lowest BCUT2D eigenvalue weighted by Gasteiger charge is -2.23. The summed E-state index contributed by atoms with van der Waals surface area (Å²) in [6, 6.07) is 22.3. The van der Waals surface area contributed by atoms with Gasteiger partial charge in [-0.25, -0.2) is 4.98 Å². The molecule has 1 N–H and O–H groups in total. The highest BCUT2D eigenvalue weighted by molar-refractivity contribution is 6.42. The van der Waals surface area contributed by atoms with Gasteiger partial charge in [0.2, 0.25) is 5.91 Å². The van der Waals surface area contributed by atoms with Crippen molar-refractivity contribution < 1.29 is 4.79 Å². The number of hydrogen-bond acceptors (Lipinski definition) is 2. The van der Waals surface area contributed by atoms with Crippen LogP contribution in [0.4, 0.5) is 0 Å². The summed E-state index contributed by atoms with van der Waals surface area (Å²) in [5.74, 6) is 0.965. The Bertz CT molecular complexity index is 1210. The predicted molar refractivity (Wildman–Crippen MR) is 130 cm³/mol. The molecular formula is C26H23Cl2N3O. The van der Waals surface area contributed by atoms with Gasteiger partial charge < -0.3 is 9.88 Å². The summed E-state index contributed by atoms with van der Waals surface area (Å²) in [5, 5.41) is 0.974. The maximum absolute atomic E-state index is 13.1. The Morgan fingerprint density at radius 2 is 1.72 bits per heavy atom. The van der Waals surface area contributed by atoms with Crippen molar-refractivity contribution in [3.8, 4) is 11.1 Å². The van der Waals surface area contributed by atoms with Crippen LogP contribution in [0.3, 0.4) is 0 Å². The molecule has 5 rings (SSSR count).